The summed E-state index contributed by atoms with van der Waals surface area (Å²) in [5.74, 6) is -0.912. The number of aromatic amines is 1. The number of ether oxygens (including phenoxy) is 1. The highest BCUT2D eigenvalue weighted by atomic mass is 79.9. The Balaban J connectivity index is 1.90. The molecule has 0 bridgehead atoms. The van der Waals surface area contributed by atoms with Crippen LogP contribution in [0, 0.1) is 10.6 Å². The predicted molar refractivity (Wildman–Crippen MR) is 100 cm³/mol. The fourth-order valence-electron chi connectivity index (χ4n) is 3.42. The lowest BCUT2D eigenvalue weighted by Crippen LogP contribution is -2.25. The largest absolute Gasteiger partial charge is 0.464 e. The molecule has 3 heterocycles. The number of rotatable bonds is 4. The molecular formula is C17H16BrFN4O2S. The first-order chi connectivity index (χ1) is 12.5. The molecule has 0 saturated carbocycles. The molecule has 3 aromatic rings. The second kappa shape index (κ2) is 6.62. The van der Waals surface area contributed by atoms with Gasteiger partial charge in [-0.25, -0.2) is 9.18 Å². The molecule has 1 aliphatic heterocycles. The molecule has 1 aliphatic rings. The van der Waals surface area contributed by atoms with Crippen LogP contribution in [0.25, 0.3) is 10.9 Å². The van der Waals surface area contributed by atoms with Crippen molar-refractivity contribution in [3.05, 3.63) is 44.8 Å². The summed E-state index contributed by atoms with van der Waals surface area (Å²) in [7, 11) is 0. The van der Waals surface area contributed by atoms with Crippen LogP contribution in [-0.2, 0) is 22.5 Å². The standard InChI is InChI=1S/C17H16BrFN4O2S/c1-2-25-16(24)15(14-11-4-3-7-22(11)17(26)20-14)23-8-9-5-6-10(18)12(19)13(9)21-23/h5-6,8,15H,2-4,7H2,1H3,(H,20,26). The minimum absolute atomic E-state index is 0.197. The molecule has 0 saturated heterocycles. The number of fused-ring (bicyclic) bond motifs is 2. The highest BCUT2D eigenvalue weighted by Crippen LogP contribution is 2.30. The van der Waals surface area contributed by atoms with E-state index < -0.39 is 17.8 Å². The van der Waals surface area contributed by atoms with Crippen molar-refractivity contribution in [2.24, 2.45) is 0 Å². The van der Waals surface area contributed by atoms with E-state index in [1.54, 1.807) is 25.3 Å². The van der Waals surface area contributed by atoms with Crippen molar-refractivity contribution in [1.82, 2.24) is 19.3 Å². The number of esters is 1. The third kappa shape index (κ3) is 2.69. The Morgan fingerprint density at radius 3 is 3.12 bits per heavy atom. The lowest BCUT2D eigenvalue weighted by molar-refractivity contribution is -0.146. The number of hydrogen-bond acceptors (Lipinski definition) is 4. The molecule has 1 aromatic carbocycles. The van der Waals surface area contributed by atoms with E-state index in [1.165, 1.54) is 4.68 Å². The molecule has 26 heavy (non-hydrogen) atoms. The summed E-state index contributed by atoms with van der Waals surface area (Å²) in [5.41, 5.74) is 1.84. The van der Waals surface area contributed by atoms with Gasteiger partial charge < -0.3 is 14.3 Å². The van der Waals surface area contributed by atoms with E-state index in [9.17, 15) is 9.18 Å². The van der Waals surface area contributed by atoms with E-state index in [-0.39, 0.29) is 12.1 Å². The number of halogens is 2. The quantitative estimate of drug-likeness (QED) is 0.495. The van der Waals surface area contributed by atoms with Gasteiger partial charge in [0.15, 0.2) is 16.6 Å². The number of imidazole rings is 1. The molecule has 1 N–H and O–H groups in total. The van der Waals surface area contributed by atoms with Gasteiger partial charge >= 0.3 is 5.97 Å². The number of benzene rings is 1. The van der Waals surface area contributed by atoms with Crippen molar-refractivity contribution in [3.8, 4) is 0 Å². The maximum atomic E-state index is 14.4. The van der Waals surface area contributed by atoms with E-state index in [4.69, 9.17) is 17.0 Å². The Morgan fingerprint density at radius 1 is 1.54 bits per heavy atom. The summed E-state index contributed by atoms with van der Waals surface area (Å²) in [6.45, 7) is 2.81. The molecule has 1 atom stereocenters. The first-order valence-corrected chi connectivity index (χ1v) is 9.52. The summed E-state index contributed by atoms with van der Waals surface area (Å²) in [5, 5.41) is 4.94. The number of carbonyl (C=O) groups is 1. The SMILES string of the molecule is CCOC(=O)C(c1[nH]c(=S)n2c1CCC2)n1cc2ccc(Br)c(F)c2n1. The molecule has 1 unspecified atom stereocenters. The second-order valence-electron chi connectivity index (χ2n) is 6.11. The van der Waals surface area contributed by atoms with Crippen LogP contribution in [-0.4, -0.2) is 31.9 Å². The number of aromatic nitrogens is 4. The van der Waals surface area contributed by atoms with Gasteiger partial charge in [0.25, 0.3) is 0 Å². The van der Waals surface area contributed by atoms with Gasteiger partial charge in [0.1, 0.15) is 5.52 Å². The Hall–Kier alpha value is -2.00. The molecule has 4 rings (SSSR count). The van der Waals surface area contributed by atoms with Crippen molar-refractivity contribution in [3.63, 3.8) is 0 Å². The van der Waals surface area contributed by atoms with Crippen LogP contribution in [0.1, 0.15) is 30.8 Å². The third-order valence-corrected chi connectivity index (χ3v) is 5.49. The van der Waals surface area contributed by atoms with Crippen LogP contribution in [0.15, 0.2) is 22.8 Å². The third-order valence-electron chi connectivity index (χ3n) is 4.55. The van der Waals surface area contributed by atoms with Gasteiger partial charge in [0.05, 0.1) is 16.8 Å². The van der Waals surface area contributed by atoms with E-state index >= 15 is 0 Å². The molecule has 0 amide bonds. The normalized spacial score (nSPS) is 14.6. The van der Waals surface area contributed by atoms with Gasteiger partial charge in [-0.15, -0.1) is 0 Å². The van der Waals surface area contributed by atoms with Crippen LogP contribution in [0.2, 0.25) is 0 Å². The smallest absolute Gasteiger partial charge is 0.337 e. The van der Waals surface area contributed by atoms with Crippen molar-refractivity contribution in [2.45, 2.75) is 32.4 Å². The zero-order valence-electron chi connectivity index (χ0n) is 14.0. The van der Waals surface area contributed by atoms with Crippen molar-refractivity contribution in [2.75, 3.05) is 6.61 Å². The van der Waals surface area contributed by atoms with Gasteiger partial charge in [0.2, 0.25) is 0 Å². The predicted octanol–water partition coefficient (Wildman–Crippen LogP) is 3.90. The summed E-state index contributed by atoms with van der Waals surface area (Å²) in [6.07, 6.45) is 3.44. The lowest BCUT2D eigenvalue weighted by atomic mass is 10.1. The monoisotopic (exact) mass is 438 g/mol. The first-order valence-electron chi connectivity index (χ1n) is 8.32. The first kappa shape index (κ1) is 17.4. The minimum atomic E-state index is -0.837. The molecule has 0 fully saturated rings. The fourth-order valence-corrected chi connectivity index (χ4v) is 4.05. The van der Waals surface area contributed by atoms with Gasteiger partial charge in [-0.2, -0.15) is 5.10 Å². The minimum Gasteiger partial charge on any atom is -0.464 e. The lowest BCUT2D eigenvalue weighted by Gasteiger charge is -2.16. The van der Waals surface area contributed by atoms with E-state index in [0.717, 1.165) is 25.1 Å². The second-order valence-corrected chi connectivity index (χ2v) is 7.35. The fraction of sp³-hybridized carbons (Fsp3) is 0.353. The van der Waals surface area contributed by atoms with Crippen LogP contribution < -0.4 is 0 Å². The highest BCUT2D eigenvalue weighted by Gasteiger charge is 2.32. The molecule has 0 radical (unpaired) electrons. The maximum Gasteiger partial charge on any atom is 0.337 e. The Bertz CT molecular complexity index is 1070. The Morgan fingerprint density at radius 2 is 2.35 bits per heavy atom. The van der Waals surface area contributed by atoms with Crippen molar-refractivity contribution >= 4 is 45.0 Å². The zero-order chi connectivity index (χ0) is 18.4. The number of hydrogen-bond donors (Lipinski definition) is 1. The highest BCUT2D eigenvalue weighted by molar-refractivity contribution is 9.10. The van der Waals surface area contributed by atoms with Crippen LogP contribution in [0.5, 0.6) is 0 Å². The Kier molecular flexibility index (Phi) is 4.44. The van der Waals surface area contributed by atoms with E-state index in [2.05, 4.69) is 26.0 Å². The van der Waals surface area contributed by atoms with Crippen molar-refractivity contribution in [1.29, 1.82) is 0 Å². The Labute approximate surface area is 162 Å². The average molecular weight is 439 g/mol. The van der Waals surface area contributed by atoms with Gasteiger partial charge in [-0.3, -0.25) is 4.68 Å². The number of H-pyrrole nitrogens is 1. The molecule has 0 aliphatic carbocycles. The number of carbonyl (C=O) groups excluding carboxylic acids is 1. The number of nitrogens with zero attached hydrogens (tertiary/aromatic N) is 3. The van der Waals surface area contributed by atoms with Crippen LogP contribution in [0.3, 0.4) is 0 Å². The van der Waals surface area contributed by atoms with Crippen LogP contribution in [0.4, 0.5) is 4.39 Å². The summed E-state index contributed by atoms with van der Waals surface area (Å²) >= 11 is 8.55. The van der Waals surface area contributed by atoms with Gasteiger partial charge in [0, 0.05) is 23.8 Å². The van der Waals surface area contributed by atoms with E-state index in [0.29, 0.717) is 20.3 Å². The molecule has 136 valence electrons. The number of nitrogens with one attached hydrogen (secondary N) is 1. The van der Waals surface area contributed by atoms with Crippen molar-refractivity contribution < 1.29 is 13.9 Å². The average Bonchev–Trinajstić information content (AvgIpc) is 3.30. The van der Waals surface area contributed by atoms with Gasteiger partial charge in [-0.1, -0.05) is 0 Å². The topological polar surface area (TPSA) is 64.8 Å². The molecular weight excluding hydrogens is 423 g/mol. The van der Waals surface area contributed by atoms with Crippen LogP contribution >= 0.6 is 28.1 Å². The molecule has 6 nitrogen and oxygen atoms in total. The maximum absolute atomic E-state index is 14.4. The summed E-state index contributed by atoms with van der Waals surface area (Å²) in [6, 6.07) is 2.53. The molecule has 0 spiro atoms. The van der Waals surface area contributed by atoms with Gasteiger partial charge in [-0.05, 0) is 60.0 Å². The summed E-state index contributed by atoms with van der Waals surface area (Å²) < 4.78 is 24.0. The zero-order valence-corrected chi connectivity index (χ0v) is 16.4. The summed E-state index contributed by atoms with van der Waals surface area (Å²) in [4.78, 5) is 15.9. The molecule has 9 heteroatoms. The van der Waals surface area contributed by atoms with E-state index in [1.807, 2.05) is 4.57 Å². The molecule has 2 aromatic heterocycles.